The summed E-state index contributed by atoms with van der Waals surface area (Å²) in [6.45, 7) is 5.44. The van der Waals surface area contributed by atoms with Crippen LogP contribution in [-0.4, -0.2) is 30.6 Å². The molecule has 1 rings (SSSR count). The number of hydrogen-bond donors (Lipinski definition) is 2. The fraction of sp³-hybridized carbons (Fsp3) is 0.462. The molecular weight excluding hydrogens is 280 g/mol. The molecule has 0 aliphatic rings. The summed E-state index contributed by atoms with van der Waals surface area (Å²) in [5.74, 6) is 4.26. The molecule has 1 aromatic heterocycles. The molecule has 0 bridgehead atoms. The average Bonchev–Trinajstić information content (AvgIpc) is 2.80. The van der Waals surface area contributed by atoms with Crippen molar-refractivity contribution in [1.82, 2.24) is 9.29 Å². The lowest BCUT2D eigenvalue weighted by Gasteiger charge is -2.09. The minimum atomic E-state index is -3.71. The number of carboxylic acids is 1. The summed E-state index contributed by atoms with van der Waals surface area (Å²) in [6, 6.07) is 1.02. The van der Waals surface area contributed by atoms with E-state index in [1.807, 2.05) is 0 Å². The number of aromatic nitrogens is 1. The molecule has 0 radical (unpaired) electrons. The maximum atomic E-state index is 12.0. The van der Waals surface area contributed by atoms with Gasteiger partial charge in [-0.05, 0) is 26.8 Å². The maximum Gasteiger partial charge on any atom is 0.352 e. The largest absolute Gasteiger partial charge is 0.477 e. The van der Waals surface area contributed by atoms with Gasteiger partial charge in [-0.1, -0.05) is 0 Å². The van der Waals surface area contributed by atoms with E-state index in [1.165, 1.54) is 10.8 Å². The molecule has 2 N–H and O–H groups in total. The summed E-state index contributed by atoms with van der Waals surface area (Å²) in [5.41, 5.74) is -0.0475. The van der Waals surface area contributed by atoms with Crippen molar-refractivity contribution in [2.45, 2.75) is 38.1 Å². The predicted molar refractivity (Wildman–Crippen MR) is 75.0 cm³/mol. The molecule has 1 aromatic rings. The first-order chi connectivity index (χ1) is 9.29. The highest BCUT2D eigenvalue weighted by molar-refractivity contribution is 7.89. The minimum absolute atomic E-state index is 0.0475. The quantitative estimate of drug-likeness (QED) is 0.614. The van der Waals surface area contributed by atoms with Gasteiger partial charge in [0.1, 0.15) is 10.6 Å². The van der Waals surface area contributed by atoms with E-state index < -0.39 is 16.0 Å². The Bertz CT molecular complexity index is 648. The number of carbonyl (C=O) groups is 1. The van der Waals surface area contributed by atoms with Gasteiger partial charge in [-0.25, -0.2) is 17.9 Å². The minimum Gasteiger partial charge on any atom is -0.477 e. The second-order valence-corrected chi connectivity index (χ2v) is 6.21. The Labute approximate surface area is 118 Å². The fourth-order valence-corrected chi connectivity index (χ4v) is 2.71. The van der Waals surface area contributed by atoms with Crippen LogP contribution in [0.4, 0.5) is 0 Å². The predicted octanol–water partition coefficient (Wildman–Crippen LogP) is 1.46. The lowest BCUT2D eigenvalue weighted by molar-refractivity contribution is 0.0683. The third-order valence-corrected chi connectivity index (χ3v) is 4.06. The third-order valence-electron chi connectivity index (χ3n) is 2.63. The van der Waals surface area contributed by atoms with E-state index in [9.17, 15) is 13.2 Å². The lowest BCUT2D eigenvalue weighted by atomic mass is 10.3. The van der Waals surface area contributed by atoms with Gasteiger partial charge in [-0.2, -0.15) is 0 Å². The van der Waals surface area contributed by atoms with Crippen LogP contribution in [0.1, 0.15) is 43.7 Å². The Kier molecular flexibility index (Phi) is 5.36. The smallest absolute Gasteiger partial charge is 0.352 e. The highest BCUT2D eigenvalue weighted by atomic mass is 32.2. The molecule has 110 valence electrons. The van der Waals surface area contributed by atoms with Crippen LogP contribution in [0.5, 0.6) is 0 Å². The van der Waals surface area contributed by atoms with Gasteiger partial charge < -0.3 is 9.67 Å². The van der Waals surface area contributed by atoms with Crippen molar-refractivity contribution in [3.05, 3.63) is 18.0 Å². The van der Waals surface area contributed by atoms with E-state index in [-0.39, 0.29) is 23.2 Å². The van der Waals surface area contributed by atoms with Crippen LogP contribution in [-0.2, 0) is 10.0 Å². The Balaban J connectivity index is 3.03. The molecule has 0 amide bonds. The molecule has 1 heterocycles. The van der Waals surface area contributed by atoms with Crippen LogP contribution in [0.2, 0.25) is 0 Å². The number of hydrogen-bond acceptors (Lipinski definition) is 3. The Morgan fingerprint density at radius 3 is 2.60 bits per heavy atom. The molecule has 0 saturated carbocycles. The Morgan fingerprint density at radius 1 is 1.50 bits per heavy atom. The van der Waals surface area contributed by atoms with Gasteiger partial charge in [0.15, 0.2) is 0 Å². The molecule has 6 nitrogen and oxygen atoms in total. The molecule has 0 atom stereocenters. The van der Waals surface area contributed by atoms with Crippen molar-refractivity contribution in [1.29, 1.82) is 0 Å². The third kappa shape index (κ3) is 3.85. The number of sulfonamides is 1. The number of aromatic carboxylic acids is 1. The maximum absolute atomic E-state index is 12.0. The zero-order valence-electron chi connectivity index (χ0n) is 11.7. The molecule has 0 spiro atoms. The molecular formula is C13H18N2O4S. The summed E-state index contributed by atoms with van der Waals surface area (Å²) >= 11 is 0. The average molecular weight is 298 g/mol. The monoisotopic (exact) mass is 298 g/mol. The van der Waals surface area contributed by atoms with Gasteiger partial charge in [0.25, 0.3) is 0 Å². The van der Waals surface area contributed by atoms with Crippen LogP contribution >= 0.6 is 0 Å². The van der Waals surface area contributed by atoms with Crippen LogP contribution in [0.25, 0.3) is 0 Å². The number of nitrogens with one attached hydrogen (secondary N) is 1. The standard InChI is InChI=1S/C13H18N2O4S/c1-4-5-6-7-14-20(18,19)11-8-12(13(16)17)15(9-11)10(2)3/h8-10,14H,6-7H2,1-3H3,(H,16,17). The van der Waals surface area contributed by atoms with E-state index >= 15 is 0 Å². The first kappa shape index (κ1) is 16.3. The number of carboxylic acid groups (broad SMARTS) is 1. The van der Waals surface area contributed by atoms with Gasteiger partial charge in [0.2, 0.25) is 10.0 Å². The van der Waals surface area contributed by atoms with Crippen molar-refractivity contribution in [3.63, 3.8) is 0 Å². The zero-order valence-corrected chi connectivity index (χ0v) is 12.5. The molecule has 0 aliphatic heterocycles. The van der Waals surface area contributed by atoms with Crippen molar-refractivity contribution >= 4 is 16.0 Å². The topological polar surface area (TPSA) is 88.4 Å². The summed E-state index contributed by atoms with van der Waals surface area (Å²) in [4.78, 5) is 11.1. The van der Waals surface area contributed by atoms with Crippen molar-refractivity contribution in [2.24, 2.45) is 0 Å². The summed E-state index contributed by atoms with van der Waals surface area (Å²) < 4.78 is 27.9. The van der Waals surface area contributed by atoms with Crippen molar-refractivity contribution in [3.8, 4) is 11.8 Å². The van der Waals surface area contributed by atoms with Crippen molar-refractivity contribution in [2.75, 3.05) is 6.54 Å². The van der Waals surface area contributed by atoms with Gasteiger partial charge in [-0.15, -0.1) is 11.8 Å². The van der Waals surface area contributed by atoms with E-state index in [0.29, 0.717) is 6.42 Å². The molecule has 7 heteroatoms. The van der Waals surface area contributed by atoms with Crippen LogP contribution in [0.3, 0.4) is 0 Å². The molecule has 0 aliphatic carbocycles. The number of rotatable bonds is 6. The summed E-state index contributed by atoms with van der Waals surface area (Å²) in [5, 5.41) is 9.09. The molecule has 0 fully saturated rings. The number of nitrogens with zero attached hydrogens (tertiary/aromatic N) is 1. The molecule has 0 unspecified atom stereocenters. The Hall–Kier alpha value is -1.78. The molecule has 0 saturated heterocycles. The van der Waals surface area contributed by atoms with E-state index in [2.05, 4.69) is 16.6 Å². The van der Waals surface area contributed by atoms with Gasteiger partial charge in [0, 0.05) is 25.2 Å². The fourth-order valence-electron chi connectivity index (χ4n) is 1.66. The highest BCUT2D eigenvalue weighted by Gasteiger charge is 2.21. The van der Waals surface area contributed by atoms with Gasteiger partial charge in [-0.3, -0.25) is 0 Å². The van der Waals surface area contributed by atoms with E-state index in [4.69, 9.17) is 5.11 Å². The van der Waals surface area contributed by atoms with Crippen LogP contribution in [0, 0.1) is 11.8 Å². The Morgan fingerprint density at radius 2 is 2.15 bits per heavy atom. The highest BCUT2D eigenvalue weighted by Crippen LogP contribution is 2.18. The normalized spacial score (nSPS) is 11.2. The SMILES string of the molecule is CC#CCCNS(=O)(=O)c1cc(C(=O)O)n(C(C)C)c1. The first-order valence-corrected chi connectivity index (χ1v) is 7.62. The van der Waals surface area contributed by atoms with E-state index in [0.717, 1.165) is 6.07 Å². The second kappa shape index (κ2) is 6.59. The molecule has 20 heavy (non-hydrogen) atoms. The van der Waals surface area contributed by atoms with Gasteiger partial charge in [0.05, 0.1) is 0 Å². The van der Waals surface area contributed by atoms with Gasteiger partial charge >= 0.3 is 5.97 Å². The van der Waals surface area contributed by atoms with E-state index in [1.54, 1.807) is 20.8 Å². The molecule has 0 aromatic carbocycles. The first-order valence-electron chi connectivity index (χ1n) is 6.14. The zero-order chi connectivity index (χ0) is 15.3. The van der Waals surface area contributed by atoms with Crippen molar-refractivity contribution < 1.29 is 18.3 Å². The van der Waals surface area contributed by atoms with Crippen LogP contribution in [0.15, 0.2) is 17.2 Å². The lowest BCUT2D eigenvalue weighted by Crippen LogP contribution is -2.24. The summed E-state index contributed by atoms with van der Waals surface area (Å²) in [6.07, 6.45) is 1.74. The van der Waals surface area contributed by atoms with Crippen LogP contribution < -0.4 is 4.72 Å². The summed E-state index contributed by atoms with van der Waals surface area (Å²) in [7, 11) is -3.71. The second-order valence-electron chi connectivity index (χ2n) is 4.44.